The fourth-order valence-corrected chi connectivity index (χ4v) is 4.19. The third-order valence-corrected chi connectivity index (χ3v) is 5.88. The zero-order chi connectivity index (χ0) is 26.9. The van der Waals surface area contributed by atoms with Gasteiger partial charge in [-0.2, -0.15) is 0 Å². The van der Waals surface area contributed by atoms with Crippen LogP contribution in [-0.2, 0) is 14.3 Å². The maximum atomic E-state index is 13.3. The quantitative estimate of drug-likeness (QED) is 0.125. The van der Waals surface area contributed by atoms with Gasteiger partial charge in [-0.05, 0) is 62.7 Å². The summed E-state index contributed by atoms with van der Waals surface area (Å²) in [6.07, 6.45) is -0.300. The molecule has 3 aromatic carbocycles. The lowest BCUT2D eigenvalue weighted by molar-refractivity contribution is -0.384. The number of nitro benzene ring substituents is 1. The van der Waals surface area contributed by atoms with Gasteiger partial charge in [0.25, 0.3) is 17.4 Å². The van der Waals surface area contributed by atoms with Gasteiger partial charge >= 0.3 is 5.97 Å². The molecule has 1 aliphatic rings. The highest BCUT2D eigenvalue weighted by atomic mass is 16.6. The molecule has 0 radical (unpaired) electrons. The number of nitrogens with zero attached hydrogens (tertiary/aromatic N) is 2. The van der Waals surface area contributed by atoms with Crippen molar-refractivity contribution in [3.05, 3.63) is 111 Å². The van der Waals surface area contributed by atoms with Crippen molar-refractivity contribution in [3.8, 4) is 0 Å². The van der Waals surface area contributed by atoms with Crippen molar-refractivity contribution < 1.29 is 29.2 Å². The van der Waals surface area contributed by atoms with Crippen LogP contribution in [0, 0.1) is 17.0 Å². The lowest BCUT2D eigenvalue weighted by Crippen LogP contribution is -2.29. The summed E-state index contributed by atoms with van der Waals surface area (Å²) in [4.78, 5) is 50.5. The van der Waals surface area contributed by atoms with Crippen molar-refractivity contribution in [3.63, 3.8) is 0 Å². The SMILES string of the molecule is Cc1cccc(C2/C(=C(/O)c3ccc([N+](=O)[O-])cc3)C(=O)C(=O)N2c2ccc(C(=O)OC(C)C)cc2)c1. The van der Waals surface area contributed by atoms with Gasteiger partial charge in [0.2, 0.25) is 0 Å². The first kappa shape index (κ1) is 25.3. The Kier molecular flexibility index (Phi) is 6.88. The molecule has 1 amide bonds. The van der Waals surface area contributed by atoms with Gasteiger partial charge in [0.1, 0.15) is 5.76 Å². The first-order valence-corrected chi connectivity index (χ1v) is 11.5. The highest BCUT2D eigenvalue weighted by molar-refractivity contribution is 6.51. The molecule has 1 N–H and O–H groups in total. The van der Waals surface area contributed by atoms with E-state index in [1.165, 1.54) is 53.4 Å². The second-order valence-electron chi connectivity index (χ2n) is 8.89. The standard InChI is InChI=1S/C28H24N2O7/c1-16(2)37-28(34)19-9-11-21(12-10-19)29-24(20-6-4-5-17(3)15-20)23(26(32)27(29)33)25(31)18-7-13-22(14-8-18)30(35)36/h4-16,24,31H,1-3H3/b25-23-. The van der Waals surface area contributed by atoms with Gasteiger partial charge in [-0.15, -0.1) is 0 Å². The number of benzene rings is 3. The molecule has 0 aliphatic carbocycles. The Hall–Kier alpha value is -4.79. The molecule has 9 nitrogen and oxygen atoms in total. The van der Waals surface area contributed by atoms with Crippen LogP contribution in [0.1, 0.15) is 46.9 Å². The van der Waals surface area contributed by atoms with E-state index < -0.39 is 34.4 Å². The zero-order valence-electron chi connectivity index (χ0n) is 20.4. The Morgan fingerprint density at radius 2 is 1.62 bits per heavy atom. The van der Waals surface area contributed by atoms with Crippen LogP contribution in [0.3, 0.4) is 0 Å². The number of aliphatic hydroxyl groups is 1. The summed E-state index contributed by atoms with van der Waals surface area (Å²) in [5, 5.41) is 22.2. The van der Waals surface area contributed by atoms with E-state index in [2.05, 4.69) is 0 Å². The van der Waals surface area contributed by atoms with Crippen LogP contribution in [0.2, 0.25) is 0 Å². The van der Waals surface area contributed by atoms with Gasteiger partial charge in [-0.1, -0.05) is 29.8 Å². The van der Waals surface area contributed by atoms with Crippen LogP contribution in [0.5, 0.6) is 0 Å². The average Bonchev–Trinajstić information content (AvgIpc) is 3.13. The Morgan fingerprint density at radius 1 is 1.00 bits per heavy atom. The summed E-state index contributed by atoms with van der Waals surface area (Å²) >= 11 is 0. The summed E-state index contributed by atoms with van der Waals surface area (Å²) in [7, 11) is 0. The van der Waals surface area contributed by atoms with Gasteiger partial charge < -0.3 is 9.84 Å². The fraction of sp³-hybridized carbons (Fsp3) is 0.179. The zero-order valence-corrected chi connectivity index (χ0v) is 20.4. The van der Waals surface area contributed by atoms with Crippen LogP contribution in [0.4, 0.5) is 11.4 Å². The van der Waals surface area contributed by atoms with Crippen molar-refractivity contribution in [1.82, 2.24) is 0 Å². The number of aryl methyl sites for hydroxylation is 1. The van der Waals surface area contributed by atoms with Gasteiger partial charge in [0.05, 0.1) is 28.2 Å². The van der Waals surface area contributed by atoms with Crippen LogP contribution in [0.15, 0.2) is 78.4 Å². The first-order valence-electron chi connectivity index (χ1n) is 11.5. The normalized spacial score (nSPS) is 16.8. The molecular formula is C28H24N2O7. The number of rotatable bonds is 6. The molecule has 4 rings (SSSR count). The molecule has 9 heteroatoms. The Bertz CT molecular complexity index is 1420. The van der Waals surface area contributed by atoms with Gasteiger partial charge in [-0.3, -0.25) is 24.6 Å². The molecule has 3 aromatic rings. The predicted molar refractivity (Wildman–Crippen MR) is 136 cm³/mol. The molecule has 0 saturated carbocycles. The predicted octanol–water partition coefficient (Wildman–Crippen LogP) is 5.09. The van der Waals surface area contributed by atoms with E-state index in [0.29, 0.717) is 11.3 Å². The van der Waals surface area contributed by atoms with Crippen molar-refractivity contribution in [2.45, 2.75) is 32.9 Å². The molecule has 1 fully saturated rings. The lowest BCUT2D eigenvalue weighted by Gasteiger charge is -2.26. The molecule has 1 heterocycles. The number of carbonyl (C=O) groups is 3. The molecule has 0 bridgehead atoms. The van der Waals surface area contributed by atoms with E-state index in [1.54, 1.807) is 32.0 Å². The minimum Gasteiger partial charge on any atom is -0.507 e. The molecule has 37 heavy (non-hydrogen) atoms. The maximum Gasteiger partial charge on any atom is 0.338 e. The number of hydrogen-bond donors (Lipinski definition) is 1. The van der Waals surface area contributed by atoms with E-state index in [1.807, 2.05) is 13.0 Å². The number of nitro groups is 1. The third-order valence-electron chi connectivity index (χ3n) is 5.88. The molecule has 1 aliphatic heterocycles. The number of carbonyl (C=O) groups excluding carboxylic acids is 3. The summed E-state index contributed by atoms with van der Waals surface area (Å²) in [6, 6.07) is 17.4. The first-order chi connectivity index (χ1) is 17.6. The van der Waals surface area contributed by atoms with E-state index >= 15 is 0 Å². The average molecular weight is 501 g/mol. The largest absolute Gasteiger partial charge is 0.507 e. The van der Waals surface area contributed by atoms with Crippen LogP contribution in [0.25, 0.3) is 5.76 Å². The van der Waals surface area contributed by atoms with Gasteiger partial charge in [0.15, 0.2) is 0 Å². The minimum absolute atomic E-state index is 0.146. The van der Waals surface area contributed by atoms with Crippen LogP contribution in [-0.4, -0.2) is 33.8 Å². The smallest absolute Gasteiger partial charge is 0.338 e. The van der Waals surface area contributed by atoms with Gasteiger partial charge in [-0.25, -0.2) is 4.79 Å². The number of Topliss-reactive ketones (excluding diaryl/α,β-unsaturated/α-hetero) is 1. The minimum atomic E-state index is -0.969. The van der Waals surface area contributed by atoms with Crippen molar-refractivity contribution in [1.29, 1.82) is 0 Å². The molecule has 1 atom stereocenters. The molecule has 0 aromatic heterocycles. The summed E-state index contributed by atoms with van der Waals surface area (Å²) in [6.45, 7) is 5.33. The maximum absolute atomic E-state index is 13.3. The molecule has 1 unspecified atom stereocenters. The summed E-state index contributed by atoms with van der Waals surface area (Å²) < 4.78 is 5.21. The van der Waals surface area contributed by atoms with E-state index in [9.17, 15) is 29.6 Å². The summed E-state index contributed by atoms with van der Waals surface area (Å²) in [5.74, 6) is -2.71. The number of amides is 1. The number of aliphatic hydroxyl groups excluding tert-OH is 1. The fourth-order valence-electron chi connectivity index (χ4n) is 4.19. The number of hydrogen-bond acceptors (Lipinski definition) is 7. The Morgan fingerprint density at radius 3 is 2.19 bits per heavy atom. The monoisotopic (exact) mass is 500 g/mol. The third kappa shape index (κ3) is 4.97. The molecule has 0 spiro atoms. The highest BCUT2D eigenvalue weighted by Crippen LogP contribution is 2.42. The Labute approximate surface area is 212 Å². The number of esters is 1. The molecule has 1 saturated heterocycles. The van der Waals surface area contributed by atoms with E-state index in [0.717, 1.165) is 5.56 Å². The number of non-ortho nitro benzene ring substituents is 1. The Balaban J connectivity index is 1.83. The molecule has 188 valence electrons. The topological polar surface area (TPSA) is 127 Å². The van der Waals surface area contributed by atoms with E-state index in [-0.39, 0.29) is 28.5 Å². The van der Waals surface area contributed by atoms with Crippen molar-refractivity contribution in [2.75, 3.05) is 4.90 Å². The van der Waals surface area contributed by atoms with Gasteiger partial charge in [0, 0.05) is 23.4 Å². The van der Waals surface area contributed by atoms with Crippen LogP contribution >= 0.6 is 0 Å². The summed E-state index contributed by atoms with van der Waals surface area (Å²) in [5.41, 5.74) is 1.93. The number of ether oxygens (including phenoxy) is 1. The second-order valence-corrected chi connectivity index (χ2v) is 8.89. The highest BCUT2D eigenvalue weighted by Gasteiger charge is 2.47. The van der Waals surface area contributed by atoms with E-state index in [4.69, 9.17) is 4.74 Å². The number of anilines is 1. The van der Waals surface area contributed by atoms with Crippen molar-refractivity contribution in [2.24, 2.45) is 0 Å². The number of ketones is 1. The lowest BCUT2D eigenvalue weighted by atomic mass is 9.94. The van der Waals surface area contributed by atoms with Crippen LogP contribution < -0.4 is 4.90 Å². The molecular weight excluding hydrogens is 476 g/mol. The van der Waals surface area contributed by atoms with Crippen molar-refractivity contribution >= 4 is 34.8 Å². The second kappa shape index (κ2) is 10.1.